The highest BCUT2D eigenvalue weighted by Crippen LogP contribution is 2.36. The summed E-state index contributed by atoms with van der Waals surface area (Å²) >= 11 is 0. The first-order chi connectivity index (χ1) is 8.09. The van der Waals surface area contributed by atoms with Gasteiger partial charge in [-0.15, -0.1) is 0 Å². The fourth-order valence-electron chi connectivity index (χ4n) is 2.37. The molecule has 17 heavy (non-hydrogen) atoms. The monoisotopic (exact) mass is 234 g/mol. The zero-order valence-electron chi connectivity index (χ0n) is 10.6. The highest BCUT2D eigenvalue weighted by Gasteiger charge is 2.28. The van der Waals surface area contributed by atoms with Crippen LogP contribution in [0.4, 0.5) is 0 Å². The molecule has 2 rings (SSSR count). The minimum Gasteiger partial charge on any atom is -0.392 e. The van der Waals surface area contributed by atoms with Crippen LogP contribution in [0.25, 0.3) is 0 Å². The number of rotatable bonds is 4. The van der Waals surface area contributed by atoms with Crippen molar-refractivity contribution >= 4 is 0 Å². The number of nitrogens with two attached hydrogens (primary N) is 1. The van der Waals surface area contributed by atoms with E-state index >= 15 is 0 Å². The second-order valence-electron chi connectivity index (χ2n) is 5.24. The van der Waals surface area contributed by atoms with Crippen LogP contribution in [0.5, 0.6) is 0 Å². The van der Waals surface area contributed by atoms with Gasteiger partial charge >= 0.3 is 0 Å². The summed E-state index contributed by atoms with van der Waals surface area (Å²) in [6.45, 7) is 4.69. The summed E-state index contributed by atoms with van der Waals surface area (Å²) in [6.07, 6.45) is 0.628. The van der Waals surface area contributed by atoms with E-state index in [4.69, 9.17) is 5.73 Å². The molecule has 3 atom stereocenters. The molecule has 1 aromatic rings. The van der Waals surface area contributed by atoms with Crippen molar-refractivity contribution in [3.8, 4) is 0 Å². The van der Waals surface area contributed by atoms with Gasteiger partial charge in [0.15, 0.2) is 0 Å². The fraction of sp³-hybridized carbons (Fsp3) is 0.571. The maximum atomic E-state index is 9.81. The summed E-state index contributed by atoms with van der Waals surface area (Å²) in [6, 6.07) is 8.71. The Kier molecular flexibility index (Phi) is 3.82. The molecule has 1 aliphatic carbocycles. The molecule has 3 heteroatoms. The first-order valence-corrected chi connectivity index (χ1v) is 6.35. The summed E-state index contributed by atoms with van der Waals surface area (Å²) in [5, 5.41) is 13.2. The normalized spacial score (nSPS) is 25.0. The lowest BCUT2D eigenvalue weighted by Gasteiger charge is -2.19. The van der Waals surface area contributed by atoms with E-state index in [1.54, 1.807) is 0 Å². The Morgan fingerprint density at radius 1 is 1.35 bits per heavy atom. The third-order valence-corrected chi connectivity index (χ3v) is 3.60. The Balaban J connectivity index is 2.00. The van der Waals surface area contributed by atoms with Crippen LogP contribution in [0, 0.1) is 5.92 Å². The van der Waals surface area contributed by atoms with Crippen molar-refractivity contribution in [3.63, 3.8) is 0 Å². The molecule has 3 nitrogen and oxygen atoms in total. The average molecular weight is 234 g/mol. The minimum absolute atomic E-state index is 0.125. The molecule has 0 fully saturated rings. The van der Waals surface area contributed by atoms with Crippen molar-refractivity contribution in [2.45, 2.75) is 38.5 Å². The van der Waals surface area contributed by atoms with Crippen molar-refractivity contribution in [1.82, 2.24) is 5.32 Å². The lowest BCUT2D eigenvalue weighted by molar-refractivity contribution is 0.120. The molecule has 0 aromatic heterocycles. The largest absolute Gasteiger partial charge is 0.392 e. The molecule has 0 amide bonds. The van der Waals surface area contributed by atoms with Gasteiger partial charge < -0.3 is 16.2 Å². The van der Waals surface area contributed by atoms with E-state index in [2.05, 4.69) is 17.4 Å². The molecule has 0 radical (unpaired) electrons. The molecule has 0 heterocycles. The van der Waals surface area contributed by atoms with Gasteiger partial charge in [0.05, 0.1) is 6.10 Å². The highest BCUT2D eigenvalue weighted by molar-refractivity contribution is 5.37. The van der Waals surface area contributed by atoms with E-state index < -0.39 is 0 Å². The Morgan fingerprint density at radius 3 is 2.65 bits per heavy atom. The topological polar surface area (TPSA) is 58.3 Å². The summed E-state index contributed by atoms with van der Waals surface area (Å²) in [7, 11) is 0. The van der Waals surface area contributed by atoms with Gasteiger partial charge in [0.1, 0.15) is 0 Å². The van der Waals surface area contributed by atoms with Crippen LogP contribution in [-0.2, 0) is 0 Å². The van der Waals surface area contributed by atoms with E-state index in [0.717, 1.165) is 6.42 Å². The van der Waals surface area contributed by atoms with E-state index in [9.17, 15) is 5.11 Å². The van der Waals surface area contributed by atoms with Crippen molar-refractivity contribution in [1.29, 1.82) is 0 Å². The highest BCUT2D eigenvalue weighted by atomic mass is 16.3. The smallest absolute Gasteiger partial charge is 0.0687 e. The number of fused-ring (bicyclic) bond motifs is 1. The average Bonchev–Trinajstić information content (AvgIpc) is 2.64. The van der Waals surface area contributed by atoms with E-state index in [1.807, 2.05) is 26.0 Å². The molecule has 0 aliphatic heterocycles. The summed E-state index contributed by atoms with van der Waals surface area (Å²) in [4.78, 5) is 0. The lowest BCUT2D eigenvalue weighted by Crippen LogP contribution is -2.32. The summed E-state index contributed by atoms with van der Waals surface area (Å²) in [5.74, 6) is 0.285. The van der Waals surface area contributed by atoms with Crippen LogP contribution in [0.1, 0.15) is 43.5 Å². The predicted octanol–water partition coefficient (Wildman–Crippen LogP) is 1.74. The molecular weight excluding hydrogens is 212 g/mol. The van der Waals surface area contributed by atoms with Gasteiger partial charge in [-0.2, -0.15) is 0 Å². The van der Waals surface area contributed by atoms with Crippen LogP contribution >= 0.6 is 0 Å². The van der Waals surface area contributed by atoms with Crippen molar-refractivity contribution in [2.75, 3.05) is 6.54 Å². The number of nitrogens with one attached hydrogen (secondary N) is 1. The molecule has 1 aliphatic rings. The molecule has 3 unspecified atom stereocenters. The van der Waals surface area contributed by atoms with Gasteiger partial charge in [-0.3, -0.25) is 0 Å². The quantitative estimate of drug-likeness (QED) is 0.743. The van der Waals surface area contributed by atoms with Gasteiger partial charge in [0.2, 0.25) is 0 Å². The summed E-state index contributed by atoms with van der Waals surface area (Å²) < 4.78 is 0. The molecule has 0 saturated heterocycles. The number of hydrogen-bond acceptors (Lipinski definition) is 3. The van der Waals surface area contributed by atoms with Crippen LogP contribution < -0.4 is 11.1 Å². The number of hydrogen-bond donors (Lipinski definition) is 3. The predicted molar refractivity (Wildman–Crippen MR) is 69.6 cm³/mol. The van der Waals surface area contributed by atoms with Gasteiger partial charge in [-0.25, -0.2) is 0 Å². The van der Waals surface area contributed by atoms with Gasteiger partial charge in [0, 0.05) is 18.6 Å². The molecule has 94 valence electrons. The molecule has 0 bridgehead atoms. The SMILES string of the molecule is CC(C)C(O)CNC1CC(N)c2ccccc21. The van der Waals surface area contributed by atoms with E-state index in [0.29, 0.717) is 6.54 Å². The third-order valence-electron chi connectivity index (χ3n) is 3.60. The molecular formula is C14H22N2O. The molecule has 0 saturated carbocycles. The van der Waals surface area contributed by atoms with Crippen molar-refractivity contribution in [2.24, 2.45) is 11.7 Å². The van der Waals surface area contributed by atoms with Gasteiger partial charge in [-0.05, 0) is 23.5 Å². The zero-order valence-corrected chi connectivity index (χ0v) is 10.6. The van der Waals surface area contributed by atoms with Crippen LogP contribution in [-0.4, -0.2) is 17.8 Å². The first-order valence-electron chi connectivity index (χ1n) is 6.35. The molecule has 4 N–H and O–H groups in total. The van der Waals surface area contributed by atoms with E-state index in [1.165, 1.54) is 11.1 Å². The third kappa shape index (κ3) is 2.68. The standard InChI is InChI=1S/C14H22N2O/c1-9(2)14(17)8-16-13-7-12(15)10-5-3-4-6-11(10)13/h3-6,9,12-14,16-17H,7-8,15H2,1-2H3. The number of benzene rings is 1. The Morgan fingerprint density at radius 2 is 2.00 bits per heavy atom. The van der Waals surface area contributed by atoms with Gasteiger partial charge in [0.25, 0.3) is 0 Å². The Labute approximate surface area is 103 Å². The molecule has 0 spiro atoms. The van der Waals surface area contributed by atoms with Crippen molar-refractivity contribution < 1.29 is 5.11 Å². The Bertz CT molecular complexity index is 378. The minimum atomic E-state index is -0.293. The second-order valence-corrected chi connectivity index (χ2v) is 5.24. The number of aliphatic hydroxyl groups excluding tert-OH is 1. The van der Waals surface area contributed by atoms with Gasteiger partial charge in [-0.1, -0.05) is 38.1 Å². The zero-order chi connectivity index (χ0) is 12.4. The Hall–Kier alpha value is -0.900. The van der Waals surface area contributed by atoms with Crippen LogP contribution in [0.3, 0.4) is 0 Å². The first kappa shape index (κ1) is 12.6. The lowest BCUT2D eigenvalue weighted by atomic mass is 10.1. The van der Waals surface area contributed by atoms with Crippen LogP contribution in [0.15, 0.2) is 24.3 Å². The maximum Gasteiger partial charge on any atom is 0.0687 e. The second kappa shape index (κ2) is 5.17. The van der Waals surface area contributed by atoms with E-state index in [-0.39, 0.29) is 24.1 Å². The number of aliphatic hydroxyl groups is 1. The van der Waals surface area contributed by atoms with Crippen LogP contribution in [0.2, 0.25) is 0 Å². The van der Waals surface area contributed by atoms with Crippen molar-refractivity contribution in [3.05, 3.63) is 35.4 Å². The fourth-order valence-corrected chi connectivity index (χ4v) is 2.37. The summed E-state index contributed by atoms with van der Waals surface area (Å²) in [5.41, 5.74) is 8.63. The molecule has 1 aromatic carbocycles. The maximum absolute atomic E-state index is 9.81.